The van der Waals surface area contributed by atoms with Gasteiger partial charge in [0.2, 0.25) is 0 Å². The number of aromatic nitrogens is 2. The van der Waals surface area contributed by atoms with Gasteiger partial charge in [-0.3, -0.25) is 0 Å². The summed E-state index contributed by atoms with van der Waals surface area (Å²) in [5.41, 5.74) is 9.97. The number of phenols is 1. The van der Waals surface area contributed by atoms with Gasteiger partial charge in [-0.05, 0) is 67.8 Å². The topological polar surface area (TPSA) is 55.4 Å². The number of imidazole rings is 1. The summed E-state index contributed by atoms with van der Waals surface area (Å²) in [4.78, 5) is 12.7. The molecule has 0 fully saturated rings. The second-order valence-corrected chi connectivity index (χ2v) is 9.03. The average Bonchev–Trinajstić information content (AvgIpc) is 3.25. The lowest BCUT2D eigenvalue weighted by molar-refractivity contribution is 0.472. The first-order valence-corrected chi connectivity index (χ1v) is 11.1. The number of aryl methyl sites for hydroxylation is 1. The minimum Gasteiger partial charge on any atom is -0.507 e. The van der Waals surface area contributed by atoms with Crippen molar-refractivity contribution in [3.8, 4) is 39.7 Å². The fraction of sp³-hybridized carbons (Fsp3) is 0.250. The molecule has 3 aromatic carbocycles. The van der Waals surface area contributed by atoms with Crippen molar-refractivity contribution < 1.29 is 5.11 Å². The van der Waals surface area contributed by atoms with Crippen molar-refractivity contribution in [2.24, 2.45) is 0 Å². The molecule has 5 nitrogen and oxygen atoms in total. The number of hydrogen-bond donors (Lipinski definition) is 2. The van der Waals surface area contributed by atoms with Gasteiger partial charge in [-0.1, -0.05) is 24.3 Å². The Kier molecular flexibility index (Phi) is 5.90. The van der Waals surface area contributed by atoms with Gasteiger partial charge in [0.05, 0.1) is 17.0 Å². The van der Waals surface area contributed by atoms with Gasteiger partial charge in [0.15, 0.2) is 0 Å². The van der Waals surface area contributed by atoms with Crippen LogP contribution in [0.3, 0.4) is 0 Å². The van der Waals surface area contributed by atoms with Crippen molar-refractivity contribution in [1.82, 2.24) is 9.97 Å². The number of benzene rings is 3. The normalized spacial score (nSPS) is 11.0. The minimum absolute atomic E-state index is 0.274. The van der Waals surface area contributed by atoms with Crippen LogP contribution in [0.15, 0.2) is 54.6 Å². The molecule has 5 heteroatoms. The second kappa shape index (κ2) is 8.66. The molecule has 0 aliphatic heterocycles. The lowest BCUT2D eigenvalue weighted by Gasteiger charge is -2.13. The first-order valence-electron chi connectivity index (χ1n) is 11.1. The molecule has 0 aliphatic carbocycles. The maximum Gasteiger partial charge on any atom is 0.142 e. The highest BCUT2D eigenvalue weighted by molar-refractivity contribution is 5.83. The summed E-state index contributed by atoms with van der Waals surface area (Å²) < 4.78 is 0. The van der Waals surface area contributed by atoms with Crippen molar-refractivity contribution in [2.75, 3.05) is 38.0 Å². The average molecular weight is 441 g/mol. The van der Waals surface area contributed by atoms with E-state index in [1.165, 1.54) is 0 Å². The van der Waals surface area contributed by atoms with Gasteiger partial charge >= 0.3 is 0 Å². The van der Waals surface area contributed by atoms with Crippen LogP contribution in [0.25, 0.3) is 33.9 Å². The molecule has 1 aromatic heterocycles. The number of hydrogen-bond acceptors (Lipinski definition) is 4. The van der Waals surface area contributed by atoms with E-state index in [9.17, 15) is 5.11 Å². The highest BCUT2D eigenvalue weighted by Gasteiger charge is 2.19. The van der Waals surface area contributed by atoms with Crippen LogP contribution in [0.2, 0.25) is 0 Å². The van der Waals surface area contributed by atoms with Gasteiger partial charge in [-0.25, -0.2) is 4.98 Å². The predicted octanol–water partition coefficient (Wildman–Crippen LogP) is 6.17. The standard InChI is InChI=1S/C28H32N4O/c1-17-16-24(27(33)19(3)18(17)2)28-29-25(20-8-12-22(13-9-20)31(4)5)26(30-28)21-10-14-23(15-11-21)32(6)7/h8-16,33H,1-7H3,(H,29,30). The third-order valence-corrected chi connectivity index (χ3v) is 6.41. The van der Waals surface area contributed by atoms with Crippen molar-refractivity contribution in [3.63, 3.8) is 0 Å². The second-order valence-electron chi connectivity index (χ2n) is 9.03. The van der Waals surface area contributed by atoms with Crippen LogP contribution in [-0.4, -0.2) is 43.3 Å². The number of aromatic amines is 1. The van der Waals surface area contributed by atoms with Gasteiger partial charge < -0.3 is 19.9 Å². The lowest BCUT2D eigenvalue weighted by atomic mass is 9.99. The molecule has 0 unspecified atom stereocenters. The van der Waals surface area contributed by atoms with E-state index in [0.717, 1.165) is 56.1 Å². The molecule has 0 atom stereocenters. The molecule has 1 heterocycles. The van der Waals surface area contributed by atoms with Gasteiger partial charge in [-0.2, -0.15) is 0 Å². The van der Waals surface area contributed by atoms with Gasteiger partial charge in [0.25, 0.3) is 0 Å². The zero-order chi connectivity index (χ0) is 23.9. The SMILES string of the molecule is Cc1cc(-c2nc(-c3ccc(N(C)C)cc3)c(-c3ccc(N(C)C)cc3)[nH]2)c(O)c(C)c1C. The first kappa shape index (κ1) is 22.5. The maximum atomic E-state index is 10.9. The third-order valence-electron chi connectivity index (χ3n) is 6.41. The Hall–Kier alpha value is -3.73. The Morgan fingerprint density at radius 1 is 0.727 bits per heavy atom. The van der Waals surface area contributed by atoms with Gasteiger partial charge in [0.1, 0.15) is 11.6 Å². The monoisotopic (exact) mass is 440 g/mol. The summed E-state index contributed by atoms with van der Waals surface area (Å²) in [6, 6.07) is 18.8. The number of rotatable bonds is 5. The van der Waals surface area contributed by atoms with E-state index in [1.54, 1.807) is 0 Å². The molecule has 0 aliphatic rings. The minimum atomic E-state index is 0.274. The third kappa shape index (κ3) is 4.19. The fourth-order valence-corrected chi connectivity index (χ4v) is 4.01. The molecule has 0 saturated carbocycles. The fourth-order valence-electron chi connectivity index (χ4n) is 4.01. The zero-order valence-electron chi connectivity index (χ0n) is 20.5. The molecule has 0 amide bonds. The van der Waals surface area contributed by atoms with Crippen LogP contribution < -0.4 is 9.80 Å². The predicted molar refractivity (Wildman–Crippen MR) is 139 cm³/mol. The Balaban J connectivity index is 1.90. The lowest BCUT2D eigenvalue weighted by Crippen LogP contribution is -2.08. The number of phenolic OH excluding ortho intramolecular Hbond substituents is 1. The number of nitrogens with zero attached hydrogens (tertiary/aromatic N) is 3. The number of aromatic hydroxyl groups is 1. The van der Waals surface area contributed by atoms with Crippen LogP contribution in [-0.2, 0) is 0 Å². The Morgan fingerprint density at radius 3 is 1.76 bits per heavy atom. The van der Waals surface area contributed by atoms with Crippen LogP contribution in [0.1, 0.15) is 16.7 Å². The zero-order valence-corrected chi connectivity index (χ0v) is 20.5. The first-order chi connectivity index (χ1) is 15.7. The molecule has 0 radical (unpaired) electrons. The smallest absolute Gasteiger partial charge is 0.142 e. The van der Waals surface area contributed by atoms with Gasteiger partial charge in [0, 0.05) is 50.7 Å². The van der Waals surface area contributed by atoms with E-state index in [2.05, 4.69) is 70.2 Å². The Labute approximate surface area is 196 Å². The van der Waals surface area contributed by atoms with Gasteiger partial charge in [-0.15, -0.1) is 0 Å². The van der Waals surface area contributed by atoms with Crippen molar-refractivity contribution >= 4 is 11.4 Å². The quantitative estimate of drug-likeness (QED) is 0.389. The highest BCUT2D eigenvalue weighted by Crippen LogP contribution is 2.39. The summed E-state index contributed by atoms with van der Waals surface area (Å²) in [6.45, 7) is 6.05. The van der Waals surface area contributed by atoms with E-state index in [0.29, 0.717) is 5.82 Å². The summed E-state index contributed by atoms with van der Waals surface area (Å²) in [6.07, 6.45) is 0. The molecule has 0 bridgehead atoms. The Bertz CT molecular complexity index is 1210. The molecule has 2 N–H and O–H groups in total. The largest absolute Gasteiger partial charge is 0.507 e. The van der Waals surface area contributed by atoms with Crippen LogP contribution in [0.5, 0.6) is 5.75 Å². The van der Waals surface area contributed by atoms with E-state index in [-0.39, 0.29) is 5.75 Å². The molecular weight excluding hydrogens is 408 g/mol. The molecule has 33 heavy (non-hydrogen) atoms. The number of H-pyrrole nitrogens is 1. The molecular formula is C28H32N4O. The van der Waals surface area contributed by atoms with E-state index in [4.69, 9.17) is 4.98 Å². The molecule has 4 aromatic rings. The molecule has 170 valence electrons. The van der Waals surface area contributed by atoms with E-state index < -0.39 is 0 Å². The number of anilines is 2. The van der Waals surface area contributed by atoms with E-state index >= 15 is 0 Å². The highest BCUT2D eigenvalue weighted by atomic mass is 16.3. The van der Waals surface area contributed by atoms with Crippen molar-refractivity contribution in [2.45, 2.75) is 20.8 Å². The van der Waals surface area contributed by atoms with Crippen molar-refractivity contribution in [3.05, 3.63) is 71.3 Å². The summed E-state index contributed by atoms with van der Waals surface area (Å²) in [5.74, 6) is 0.938. The van der Waals surface area contributed by atoms with Crippen LogP contribution in [0, 0.1) is 20.8 Å². The van der Waals surface area contributed by atoms with Crippen LogP contribution in [0.4, 0.5) is 11.4 Å². The van der Waals surface area contributed by atoms with Crippen LogP contribution >= 0.6 is 0 Å². The molecule has 0 spiro atoms. The molecule has 0 saturated heterocycles. The van der Waals surface area contributed by atoms with Crippen molar-refractivity contribution in [1.29, 1.82) is 0 Å². The Morgan fingerprint density at radius 2 is 1.24 bits per heavy atom. The maximum absolute atomic E-state index is 10.9. The van der Waals surface area contributed by atoms with E-state index in [1.807, 2.05) is 48.1 Å². The number of nitrogens with one attached hydrogen (secondary N) is 1. The summed E-state index contributed by atoms with van der Waals surface area (Å²) in [7, 11) is 8.13. The summed E-state index contributed by atoms with van der Waals surface area (Å²) >= 11 is 0. The summed E-state index contributed by atoms with van der Waals surface area (Å²) in [5, 5.41) is 10.9. The molecule has 4 rings (SSSR count).